The first-order valence-corrected chi connectivity index (χ1v) is 10.9. The van der Waals surface area contributed by atoms with Gasteiger partial charge in [-0.25, -0.2) is 5.43 Å². The molecule has 0 bridgehead atoms. The molecule has 0 aliphatic rings. The summed E-state index contributed by atoms with van der Waals surface area (Å²) in [6, 6.07) is 27.3. The second-order valence-electron chi connectivity index (χ2n) is 7.97. The molecule has 0 aliphatic carbocycles. The van der Waals surface area contributed by atoms with Gasteiger partial charge in [0.1, 0.15) is 12.4 Å². The summed E-state index contributed by atoms with van der Waals surface area (Å²) in [6.45, 7) is 4.24. The first kappa shape index (κ1) is 22.7. The largest absolute Gasteiger partial charge is 0.489 e. The smallest absolute Gasteiger partial charge is 0.329 e. The number of nitrogens with one attached hydrogen (secondary N) is 2. The summed E-state index contributed by atoms with van der Waals surface area (Å²) in [5.41, 5.74) is 6.59. The number of anilines is 1. The lowest BCUT2D eigenvalue weighted by molar-refractivity contribution is -0.136. The lowest BCUT2D eigenvalue weighted by Crippen LogP contribution is -2.32. The van der Waals surface area contributed by atoms with Crippen molar-refractivity contribution in [3.05, 3.63) is 107 Å². The number of ether oxygens (including phenoxy) is 1. The highest BCUT2D eigenvalue weighted by Crippen LogP contribution is 2.21. The third-order valence-corrected chi connectivity index (χ3v) is 5.38. The van der Waals surface area contributed by atoms with Crippen LogP contribution in [0, 0.1) is 13.8 Å². The molecule has 0 unspecified atom stereocenters. The van der Waals surface area contributed by atoms with Crippen molar-refractivity contribution in [3.8, 4) is 5.75 Å². The summed E-state index contributed by atoms with van der Waals surface area (Å²) in [4.78, 5) is 24.2. The fourth-order valence-corrected chi connectivity index (χ4v) is 3.50. The minimum absolute atomic E-state index is 0.459. The predicted molar refractivity (Wildman–Crippen MR) is 135 cm³/mol. The van der Waals surface area contributed by atoms with E-state index in [0.29, 0.717) is 12.3 Å². The maximum absolute atomic E-state index is 12.1. The number of aryl methyl sites for hydroxylation is 2. The molecule has 4 aromatic rings. The Balaban J connectivity index is 1.30. The van der Waals surface area contributed by atoms with Crippen LogP contribution in [0.25, 0.3) is 10.8 Å². The monoisotopic (exact) mass is 451 g/mol. The molecule has 0 heterocycles. The molecular weight excluding hydrogens is 426 g/mol. The van der Waals surface area contributed by atoms with E-state index in [-0.39, 0.29) is 0 Å². The van der Waals surface area contributed by atoms with E-state index in [4.69, 9.17) is 4.74 Å². The van der Waals surface area contributed by atoms with Crippen LogP contribution in [-0.4, -0.2) is 18.0 Å². The number of fused-ring (bicyclic) bond motifs is 1. The molecule has 2 amide bonds. The summed E-state index contributed by atoms with van der Waals surface area (Å²) in [7, 11) is 0. The Morgan fingerprint density at radius 3 is 2.47 bits per heavy atom. The van der Waals surface area contributed by atoms with Crippen LogP contribution in [0.2, 0.25) is 0 Å². The second kappa shape index (κ2) is 10.4. The van der Waals surface area contributed by atoms with Crippen molar-refractivity contribution in [2.45, 2.75) is 20.5 Å². The Labute approximate surface area is 198 Å². The summed E-state index contributed by atoms with van der Waals surface area (Å²) in [5, 5.41) is 8.83. The number of carbonyl (C=O) groups excluding carboxylic acids is 2. The van der Waals surface area contributed by atoms with E-state index < -0.39 is 11.8 Å². The van der Waals surface area contributed by atoms with Gasteiger partial charge >= 0.3 is 11.8 Å². The first-order chi connectivity index (χ1) is 16.5. The molecule has 6 nitrogen and oxygen atoms in total. The van der Waals surface area contributed by atoms with Gasteiger partial charge < -0.3 is 10.1 Å². The number of benzene rings is 4. The first-order valence-electron chi connectivity index (χ1n) is 10.9. The van der Waals surface area contributed by atoms with E-state index in [1.165, 1.54) is 17.0 Å². The Hall–Kier alpha value is -4.45. The summed E-state index contributed by atoms with van der Waals surface area (Å²) >= 11 is 0. The SMILES string of the molecule is Cc1ccc(C)c(NC(=O)C(=O)NN=Cc2ccc(OCc3cccc4ccccc34)cc2)c1. The molecule has 4 rings (SSSR count). The predicted octanol–water partition coefficient (Wildman–Crippen LogP) is 5.12. The molecule has 6 heteroatoms. The molecular formula is C28H25N3O3. The van der Waals surface area contributed by atoms with Gasteiger partial charge in [-0.15, -0.1) is 0 Å². The van der Waals surface area contributed by atoms with Crippen molar-refractivity contribution in [1.29, 1.82) is 0 Å². The third-order valence-electron chi connectivity index (χ3n) is 5.38. The van der Waals surface area contributed by atoms with Crippen molar-refractivity contribution < 1.29 is 14.3 Å². The van der Waals surface area contributed by atoms with Crippen LogP contribution in [0.5, 0.6) is 5.75 Å². The van der Waals surface area contributed by atoms with Gasteiger partial charge in [0.05, 0.1) is 6.21 Å². The van der Waals surface area contributed by atoms with Crippen molar-refractivity contribution >= 4 is 34.5 Å². The number of carbonyl (C=O) groups is 2. The molecule has 4 aromatic carbocycles. The van der Waals surface area contributed by atoms with Gasteiger partial charge in [0.2, 0.25) is 0 Å². The fraction of sp³-hybridized carbons (Fsp3) is 0.107. The molecule has 0 aromatic heterocycles. The fourth-order valence-electron chi connectivity index (χ4n) is 3.50. The number of hydrogen-bond donors (Lipinski definition) is 2. The van der Waals surface area contributed by atoms with E-state index in [9.17, 15) is 9.59 Å². The van der Waals surface area contributed by atoms with Crippen LogP contribution in [0.1, 0.15) is 22.3 Å². The van der Waals surface area contributed by atoms with Crippen LogP contribution in [0.3, 0.4) is 0 Å². The number of hydrazone groups is 1. The number of hydrogen-bond acceptors (Lipinski definition) is 4. The van der Waals surface area contributed by atoms with Crippen LogP contribution in [0.4, 0.5) is 5.69 Å². The molecule has 0 radical (unpaired) electrons. The molecule has 0 aliphatic heterocycles. The van der Waals surface area contributed by atoms with Gasteiger partial charge in [0, 0.05) is 5.69 Å². The van der Waals surface area contributed by atoms with Gasteiger partial charge in [-0.05, 0) is 77.2 Å². The topological polar surface area (TPSA) is 79.8 Å². The average molecular weight is 452 g/mol. The highest BCUT2D eigenvalue weighted by molar-refractivity contribution is 6.39. The van der Waals surface area contributed by atoms with Crippen LogP contribution >= 0.6 is 0 Å². The maximum atomic E-state index is 12.1. The number of nitrogens with zero attached hydrogens (tertiary/aromatic N) is 1. The third kappa shape index (κ3) is 5.66. The average Bonchev–Trinajstić information content (AvgIpc) is 2.85. The van der Waals surface area contributed by atoms with Crippen LogP contribution < -0.4 is 15.5 Å². The number of amides is 2. The normalized spacial score (nSPS) is 10.9. The summed E-state index contributed by atoms with van der Waals surface area (Å²) < 4.78 is 5.94. The van der Waals surface area contributed by atoms with Crippen LogP contribution in [-0.2, 0) is 16.2 Å². The maximum Gasteiger partial charge on any atom is 0.329 e. The van der Waals surface area contributed by atoms with Crippen molar-refractivity contribution in [2.75, 3.05) is 5.32 Å². The van der Waals surface area contributed by atoms with Gasteiger partial charge in [-0.1, -0.05) is 54.6 Å². The lowest BCUT2D eigenvalue weighted by Gasteiger charge is -2.09. The van der Waals surface area contributed by atoms with E-state index in [2.05, 4.69) is 40.1 Å². The Bertz CT molecular complexity index is 1360. The summed E-state index contributed by atoms with van der Waals surface area (Å²) in [5.74, 6) is -0.891. The van der Waals surface area contributed by atoms with Gasteiger partial charge in [0.15, 0.2) is 0 Å². The highest BCUT2D eigenvalue weighted by atomic mass is 16.5. The standard InChI is InChI=1S/C28H25N3O3/c1-19-10-11-20(2)26(16-19)30-27(32)28(33)31-29-17-21-12-14-24(15-13-21)34-18-23-8-5-7-22-6-3-4-9-25(22)23/h3-17H,18H2,1-2H3,(H,30,32)(H,31,33). The molecule has 0 spiro atoms. The lowest BCUT2D eigenvalue weighted by atomic mass is 10.1. The van der Waals surface area contributed by atoms with Crippen molar-refractivity contribution in [3.63, 3.8) is 0 Å². The minimum atomic E-state index is -0.841. The molecule has 0 saturated carbocycles. The van der Waals surface area contributed by atoms with Crippen molar-refractivity contribution in [1.82, 2.24) is 5.43 Å². The zero-order valence-electron chi connectivity index (χ0n) is 19.0. The molecule has 2 N–H and O–H groups in total. The number of rotatable bonds is 6. The molecule has 170 valence electrons. The minimum Gasteiger partial charge on any atom is -0.489 e. The van der Waals surface area contributed by atoms with E-state index in [1.54, 1.807) is 0 Å². The highest BCUT2D eigenvalue weighted by Gasteiger charge is 2.14. The molecule has 34 heavy (non-hydrogen) atoms. The van der Waals surface area contributed by atoms with E-state index in [1.807, 2.05) is 74.5 Å². The van der Waals surface area contributed by atoms with Gasteiger partial charge in [0.25, 0.3) is 0 Å². The van der Waals surface area contributed by atoms with E-state index in [0.717, 1.165) is 28.0 Å². The Morgan fingerprint density at radius 2 is 1.65 bits per heavy atom. The Morgan fingerprint density at radius 1 is 0.882 bits per heavy atom. The summed E-state index contributed by atoms with van der Waals surface area (Å²) in [6.07, 6.45) is 1.47. The van der Waals surface area contributed by atoms with Gasteiger partial charge in [-0.3, -0.25) is 9.59 Å². The zero-order valence-corrected chi connectivity index (χ0v) is 19.0. The molecule has 0 atom stereocenters. The molecule has 0 fully saturated rings. The zero-order chi connectivity index (χ0) is 23.9. The second-order valence-corrected chi connectivity index (χ2v) is 7.97. The van der Waals surface area contributed by atoms with E-state index >= 15 is 0 Å². The Kier molecular flexibility index (Phi) is 6.98. The quantitative estimate of drug-likeness (QED) is 0.242. The van der Waals surface area contributed by atoms with Crippen molar-refractivity contribution in [2.24, 2.45) is 5.10 Å². The van der Waals surface area contributed by atoms with Gasteiger partial charge in [-0.2, -0.15) is 5.10 Å². The van der Waals surface area contributed by atoms with Crippen LogP contribution in [0.15, 0.2) is 90.0 Å². The molecule has 0 saturated heterocycles.